The van der Waals surface area contributed by atoms with E-state index in [1.165, 1.54) is 11.1 Å². The summed E-state index contributed by atoms with van der Waals surface area (Å²) in [5.74, 6) is -0.506. The fourth-order valence-electron chi connectivity index (χ4n) is 8.03. The van der Waals surface area contributed by atoms with Crippen LogP contribution in [0.3, 0.4) is 0 Å². The van der Waals surface area contributed by atoms with Gasteiger partial charge in [0.05, 0.1) is 29.0 Å². The largest absolute Gasteiger partial charge is 0.490 e. The standard InChI is InChI=1S/C36H44ClN3O5S/c1-23-7-5-16-36(42,34(3,4)20-38)30-12-9-27(30)19-40-21-35(15-6-8-25-17-28(37)11-13-29(25)35)22-45-32-14-10-26(18-31(32)40)33(41)39-46(43,44)24(23)2/h5,10-11,13-14,16-18,23-24,27,30,42H,6-9,12,15,19,21-22H2,1-4H3,(H,39,41)/b16-5+/t23-,24+,27-,30+,35-,36-/m0/s1. The van der Waals surface area contributed by atoms with Crippen LogP contribution in [0.2, 0.25) is 5.02 Å². The first-order valence-corrected chi connectivity index (χ1v) is 18.3. The van der Waals surface area contributed by atoms with Crippen LogP contribution in [0.5, 0.6) is 5.75 Å². The van der Waals surface area contributed by atoms with E-state index in [-0.39, 0.29) is 28.7 Å². The van der Waals surface area contributed by atoms with Gasteiger partial charge in [-0.1, -0.05) is 36.7 Å². The van der Waals surface area contributed by atoms with Crippen molar-refractivity contribution in [1.29, 1.82) is 5.26 Å². The Morgan fingerprint density at radius 2 is 1.96 bits per heavy atom. The molecule has 6 atom stereocenters. The molecule has 1 spiro atoms. The molecule has 1 fully saturated rings. The van der Waals surface area contributed by atoms with E-state index in [1.54, 1.807) is 45.0 Å². The molecule has 2 bridgehead atoms. The Morgan fingerprint density at radius 1 is 1.17 bits per heavy atom. The number of allylic oxidation sites excluding steroid dienone is 1. The number of hydrogen-bond donors (Lipinski definition) is 2. The molecule has 8 nitrogen and oxygen atoms in total. The molecule has 10 heteroatoms. The predicted octanol–water partition coefficient (Wildman–Crippen LogP) is 6.16. The van der Waals surface area contributed by atoms with Crippen LogP contribution in [0.1, 0.15) is 81.3 Å². The SMILES string of the molecule is C[C@@H]1[C@@H](C)C/C=C/[C@@](O)(C(C)(C)C#N)[C@@H]2CC[C@H]2CN2C[C@@]3(CCCc4cc(Cl)ccc43)COc3ccc(cc32)C(=O)NS1(=O)=O. The second-order valence-corrected chi connectivity index (χ2v) is 17.1. The number of aliphatic hydroxyl groups is 1. The number of ether oxygens (including phenoxy) is 1. The highest BCUT2D eigenvalue weighted by molar-refractivity contribution is 7.90. The van der Waals surface area contributed by atoms with Crippen LogP contribution < -0.4 is 14.4 Å². The van der Waals surface area contributed by atoms with Gasteiger partial charge in [-0.25, -0.2) is 13.1 Å². The van der Waals surface area contributed by atoms with Gasteiger partial charge in [0.25, 0.3) is 5.91 Å². The third-order valence-corrected chi connectivity index (χ3v) is 13.6. The molecule has 1 saturated carbocycles. The first-order valence-electron chi connectivity index (χ1n) is 16.4. The van der Waals surface area contributed by atoms with E-state index >= 15 is 0 Å². The first kappa shape index (κ1) is 32.9. The molecule has 0 unspecified atom stereocenters. The summed E-state index contributed by atoms with van der Waals surface area (Å²) < 4.78 is 35.6. The van der Waals surface area contributed by atoms with Crippen molar-refractivity contribution < 1.29 is 23.1 Å². The minimum absolute atomic E-state index is 0.0701. The molecular weight excluding hydrogens is 622 g/mol. The number of halogens is 1. The van der Waals surface area contributed by atoms with Crippen LogP contribution in [0.25, 0.3) is 0 Å². The average Bonchev–Trinajstić information content (AvgIpc) is 3.14. The third kappa shape index (κ3) is 5.61. The summed E-state index contributed by atoms with van der Waals surface area (Å²) in [6.07, 6.45) is 8.42. The van der Waals surface area contributed by atoms with E-state index in [1.807, 2.05) is 25.1 Å². The summed E-state index contributed by atoms with van der Waals surface area (Å²) in [6, 6.07) is 13.6. The summed E-state index contributed by atoms with van der Waals surface area (Å²) >= 11 is 6.42. The van der Waals surface area contributed by atoms with Crippen LogP contribution in [0.15, 0.2) is 48.6 Å². The maximum atomic E-state index is 13.5. The molecule has 4 aliphatic rings. The molecule has 1 amide bonds. The molecule has 0 aromatic heterocycles. The van der Waals surface area contributed by atoms with Gasteiger partial charge in [0.1, 0.15) is 11.4 Å². The highest BCUT2D eigenvalue weighted by Gasteiger charge is 2.54. The van der Waals surface area contributed by atoms with Gasteiger partial charge in [-0.3, -0.25) is 4.79 Å². The van der Waals surface area contributed by atoms with E-state index in [9.17, 15) is 23.6 Å². The number of anilines is 1. The van der Waals surface area contributed by atoms with Crippen molar-refractivity contribution >= 4 is 33.2 Å². The van der Waals surface area contributed by atoms with Crippen molar-refractivity contribution in [3.05, 3.63) is 70.3 Å². The number of nitriles is 1. The van der Waals surface area contributed by atoms with Crippen LogP contribution in [0.4, 0.5) is 5.69 Å². The lowest BCUT2D eigenvalue weighted by molar-refractivity contribution is -0.0994. The quantitative estimate of drug-likeness (QED) is 0.350. The molecule has 0 radical (unpaired) electrons. The number of nitrogens with one attached hydrogen (secondary N) is 1. The van der Waals surface area contributed by atoms with Crippen molar-refractivity contribution in [3.63, 3.8) is 0 Å². The monoisotopic (exact) mass is 665 g/mol. The fourth-order valence-corrected chi connectivity index (χ4v) is 9.51. The lowest BCUT2D eigenvalue weighted by Gasteiger charge is -2.52. The van der Waals surface area contributed by atoms with Crippen molar-refractivity contribution in [2.75, 3.05) is 24.6 Å². The smallest absolute Gasteiger partial charge is 0.264 e. The lowest BCUT2D eigenvalue weighted by Crippen LogP contribution is -2.57. The predicted molar refractivity (Wildman–Crippen MR) is 180 cm³/mol. The van der Waals surface area contributed by atoms with Crippen molar-refractivity contribution in [1.82, 2.24) is 4.72 Å². The molecule has 2 aromatic carbocycles. The Morgan fingerprint density at radius 3 is 2.67 bits per heavy atom. The molecule has 2 heterocycles. The molecule has 2 aliphatic heterocycles. The summed E-state index contributed by atoms with van der Waals surface area (Å²) in [7, 11) is -4.01. The number of sulfonamides is 1. The Bertz CT molecular complexity index is 1720. The molecule has 246 valence electrons. The molecule has 0 saturated heterocycles. The number of nitrogens with zero attached hydrogens (tertiary/aromatic N) is 2. The van der Waals surface area contributed by atoms with Gasteiger partial charge in [0, 0.05) is 29.1 Å². The van der Waals surface area contributed by atoms with Gasteiger partial charge in [0.15, 0.2) is 0 Å². The topological polar surface area (TPSA) is 120 Å². The number of carbonyl (C=O) groups excluding carboxylic acids is 1. The summed E-state index contributed by atoms with van der Waals surface area (Å²) in [4.78, 5) is 15.7. The van der Waals surface area contributed by atoms with Crippen molar-refractivity contribution in [3.8, 4) is 11.8 Å². The van der Waals surface area contributed by atoms with E-state index in [0.29, 0.717) is 36.9 Å². The maximum Gasteiger partial charge on any atom is 0.264 e. The van der Waals surface area contributed by atoms with Crippen LogP contribution in [-0.4, -0.2) is 50.0 Å². The zero-order valence-corrected chi connectivity index (χ0v) is 28.6. The van der Waals surface area contributed by atoms with Crippen LogP contribution in [0, 0.1) is 34.5 Å². The number of aryl methyl sites for hydroxylation is 1. The fraction of sp³-hybridized carbons (Fsp3) is 0.556. The number of amides is 1. The number of hydrogen-bond acceptors (Lipinski definition) is 7. The van der Waals surface area contributed by atoms with Crippen LogP contribution in [-0.2, 0) is 21.9 Å². The average molecular weight is 666 g/mol. The minimum atomic E-state index is -4.01. The maximum absolute atomic E-state index is 13.5. The first-order chi connectivity index (χ1) is 21.7. The van der Waals surface area contributed by atoms with E-state index in [4.69, 9.17) is 16.3 Å². The number of benzene rings is 2. The van der Waals surface area contributed by atoms with Crippen molar-refractivity contribution in [2.24, 2.45) is 23.2 Å². The summed E-state index contributed by atoms with van der Waals surface area (Å²) in [6.45, 7) is 8.60. The Labute approximate surface area is 277 Å². The normalized spacial score (nSPS) is 33.2. The summed E-state index contributed by atoms with van der Waals surface area (Å²) in [5, 5.41) is 22.4. The molecule has 2 aliphatic carbocycles. The number of fused-ring (bicyclic) bond motifs is 4. The van der Waals surface area contributed by atoms with E-state index in [0.717, 1.165) is 37.8 Å². The van der Waals surface area contributed by atoms with Gasteiger partial charge in [-0.2, -0.15) is 5.26 Å². The van der Waals surface area contributed by atoms with E-state index < -0.39 is 32.2 Å². The zero-order valence-electron chi connectivity index (χ0n) is 27.1. The summed E-state index contributed by atoms with van der Waals surface area (Å²) in [5.41, 5.74) is 0.553. The van der Waals surface area contributed by atoms with Gasteiger partial charge < -0.3 is 14.7 Å². The molecule has 46 heavy (non-hydrogen) atoms. The number of carbonyl (C=O) groups is 1. The van der Waals surface area contributed by atoms with Gasteiger partial charge in [0.2, 0.25) is 10.0 Å². The minimum Gasteiger partial charge on any atom is -0.490 e. The third-order valence-electron chi connectivity index (χ3n) is 11.4. The Kier molecular flexibility index (Phi) is 8.48. The molecule has 6 rings (SSSR count). The van der Waals surface area contributed by atoms with E-state index in [2.05, 4.69) is 21.8 Å². The zero-order chi connectivity index (χ0) is 33.1. The van der Waals surface area contributed by atoms with Gasteiger partial charge in [-0.15, -0.1) is 0 Å². The van der Waals surface area contributed by atoms with Crippen molar-refractivity contribution in [2.45, 2.75) is 82.5 Å². The highest BCUT2D eigenvalue weighted by atomic mass is 35.5. The van der Waals surface area contributed by atoms with Gasteiger partial charge >= 0.3 is 0 Å². The highest BCUT2D eigenvalue weighted by Crippen LogP contribution is 2.52. The molecule has 2 aromatic rings. The number of rotatable bonds is 1. The Balaban J connectivity index is 1.48. The second-order valence-electron chi connectivity index (χ2n) is 14.6. The molecular formula is C36H44ClN3O5S. The van der Waals surface area contributed by atoms with Crippen LogP contribution >= 0.6 is 11.6 Å². The Hall–Kier alpha value is -3.06. The molecule has 2 N–H and O–H groups in total. The van der Waals surface area contributed by atoms with Gasteiger partial charge in [-0.05, 0) is 119 Å². The second kappa shape index (κ2) is 11.9. The lowest BCUT2D eigenvalue weighted by atomic mass is 9.56.